The first-order chi connectivity index (χ1) is 17.3. The lowest BCUT2D eigenvalue weighted by Crippen LogP contribution is -2.27. The molecular weight excluding hydrogens is 548 g/mol. The van der Waals surface area contributed by atoms with Gasteiger partial charge >= 0.3 is 0 Å². The fourth-order valence-electron chi connectivity index (χ4n) is 3.58. The Hall–Kier alpha value is -3.63. The molecule has 1 heterocycles. The summed E-state index contributed by atoms with van der Waals surface area (Å²) in [7, 11) is 1.53. The van der Waals surface area contributed by atoms with E-state index in [1.54, 1.807) is 18.2 Å². The van der Waals surface area contributed by atoms with Crippen molar-refractivity contribution in [2.45, 2.75) is 20.1 Å². The van der Waals surface area contributed by atoms with E-state index in [0.29, 0.717) is 33.7 Å². The molecule has 0 aliphatic carbocycles. The van der Waals surface area contributed by atoms with E-state index in [2.05, 4.69) is 15.9 Å². The van der Waals surface area contributed by atoms with E-state index in [1.807, 2.05) is 31.2 Å². The molecule has 0 atom stereocenters. The zero-order chi connectivity index (χ0) is 25.8. The second-order valence-electron chi connectivity index (χ2n) is 7.94. The van der Waals surface area contributed by atoms with E-state index >= 15 is 0 Å². The quantitative estimate of drug-likeness (QED) is 0.174. The summed E-state index contributed by atoms with van der Waals surface area (Å²) in [6.07, 6.45) is 1.62. The molecule has 0 aromatic heterocycles. The first-order valence-corrected chi connectivity index (χ1v) is 12.4. The van der Waals surface area contributed by atoms with Crippen LogP contribution in [0.25, 0.3) is 6.08 Å². The topological polar surface area (TPSA) is 99.0 Å². The number of halogens is 1. The zero-order valence-electron chi connectivity index (χ0n) is 19.4. The molecule has 4 rings (SSSR count). The second-order valence-corrected chi connectivity index (χ2v) is 9.79. The first-order valence-electron chi connectivity index (χ1n) is 10.8. The van der Waals surface area contributed by atoms with Crippen LogP contribution in [0, 0.1) is 17.0 Å². The van der Waals surface area contributed by atoms with E-state index in [0.717, 1.165) is 27.8 Å². The fourth-order valence-corrected chi connectivity index (χ4v) is 4.99. The molecular formula is C26H21BrN2O6S. The van der Waals surface area contributed by atoms with Crippen molar-refractivity contribution in [2.75, 3.05) is 7.11 Å². The summed E-state index contributed by atoms with van der Waals surface area (Å²) in [4.78, 5) is 37.2. The van der Waals surface area contributed by atoms with E-state index in [9.17, 15) is 19.7 Å². The van der Waals surface area contributed by atoms with Crippen molar-refractivity contribution >= 4 is 50.6 Å². The highest BCUT2D eigenvalue weighted by molar-refractivity contribution is 9.10. The van der Waals surface area contributed by atoms with Crippen LogP contribution in [0.15, 0.2) is 70.0 Å². The van der Waals surface area contributed by atoms with E-state index < -0.39 is 16.1 Å². The third kappa shape index (κ3) is 5.60. The van der Waals surface area contributed by atoms with Crippen molar-refractivity contribution in [3.63, 3.8) is 0 Å². The Bertz CT molecular complexity index is 1370. The molecule has 0 radical (unpaired) electrons. The Labute approximate surface area is 220 Å². The van der Waals surface area contributed by atoms with Gasteiger partial charge in [0.05, 0.1) is 28.0 Å². The summed E-state index contributed by atoms with van der Waals surface area (Å²) in [6.45, 7) is 2.41. The van der Waals surface area contributed by atoms with E-state index in [-0.39, 0.29) is 17.1 Å². The molecule has 0 saturated carbocycles. The third-order valence-electron chi connectivity index (χ3n) is 5.54. The highest BCUT2D eigenvalue weighted by Gasteiger charge is 2.35. The number of amides is 2. The second kappa shape index (κ2) is 11.0. The van der Waals surface area contributed by atoms with E-state index in [1.165, 1.54) is 31.4 Å². The van der Waals surface area contributed by atoms with Crippen molar-refractivity contribution in [3.05, 3.63) is 102 Å². The number of carbonyl (C=O) groups is 2. The number of nitrogens with zero attached hydrogens (tertiary/aromatic N) is 2. The number of nitro groups is 1. The van der Waals surface area contributed by atoms with Gasteiger partial charge in [0.15, 0.2) is 11.5 Å². The molecule has 1 aliphatic rings. The highest BCUT2D eigenvalue weighted by atomic mass is 79.9. The molecule has 0 N–H and O–H groups in total. The van der Waals surface area contributed by atoms with Gasteiger partial charge in [0.25, 0.3) is 16.8 Å². The average Bonchev–Trinajstić information content (AvgIpc) is 3.11. The Morgan fingerprint density at radius 1 is 1.11 bits per heavy atom. The molecule has 1 saturated heterocycles. The highest BCUT2D eigenvalue weighted by Crippen LogP contribution is 2.40. The standard InChI is InChI=1S/C26H21BrN2O6S/c1-16-5-3-4-6-19(16)15-35-24-21(27)11-18(12-22(24)34-2)13-23-25(30)28(26(31)36-23)14-17-7-9-20(10-8-17)29(32)33/h3-13H,14-15H2,1-2H3/b23-13-. The maximum atomic E-state index is 12.9. The van der Waals surface area contributed by atoms with Crippen molar-refractivity contribution in [2.24, 2.45) is 0 Å². The number of hydrogen-bond donors (Lipinski definition) is 0. The summed E-state index contributed by atoms with van der Waals surface area (Å²) in [6, 6.07) is 17.2. The molecule has 8 nitrogen and oxygen atoms in total. The molecule has 1 aliphatic heterocycles. The minimum atomic E-state index is -0.502. The average molecular weight is 569 g/mol. The Kier molecular flexibility index (Phi) is 7.76. The van der Waals surface area contributed by atoms with Gasteiger partial charge < -0.3 is 9.47 Å². The van der Waals surface area contributed by atoms with Gasteiger partial charge in [-0.05, 0) is 75.1 Å². The van der Waals surface area contributed by atoms with Crippen molar-refractivity contribution in [1.29, 1.82) is 0 Å². The Morgan fingerprint density at radius 2 is 1.83 bits per heavy atom. The summed E-state index contributed by atoms with van der Waals surface area (Å²) in [5.41, 5.74) is 3.39. The molecule has 10 heteroatoms. The van der Waals surface area contributed by atoms with Crippen LogP contribution >= 0.6 is 27.7 Å². The van der Waals surface area contributed by atoms with Crippen LogP contribution in [-0.2, 0) is 17.9 Å². The number of imide groups is 1. The maximum absolute atomic E-state index is 12.9. The number of methoxy groups -OCH3 is 1. The van der Waals surface area contributed by atoms with Crippen LogP contribution in [0.3, 0.4) is 0 Å². The smallest absolute Gasteiger partial charge is 0.293 e. The van der Waals surface area contributed by atoms with Crippen LogP contribution in [-0.4, -0.2) is 28.1 Å². The molecule has 0 spiro atoms. The van der Waals surface area contributed by atoms with Gasteiger partial charge in [0.2, 0.25) is 0 Å². The molecule has 0 unspecified atom stereocenters. The molecule has 1 fully saturated rings. The monoisotopic (exact) mass is 568 g/mol. The lowest BCUT2D eigenvalue weighted by atomic mass is 10.1. The third-order valence-corrected chi connectivity index (χ3v) is 7.04. The van der Waals surface area contributed by atoms with Crippen LogP contribution in [0.1, 0.15) is 22.3 Å². The first kappa shape index (κ1) is 25.5. The number of rotatable bonds is 8. The van der Waals surface area contributed by atoms with Crippen LogP contribution in [0.2, 0.25) is 0 Å². The predicted octanol–water partition coefficient (Wildman–Crippen LogP) is 6.49. The normalized spacial score (nSPS) is 14.4. The van der Waals surface area contributed by atoms with Gasteiger partial charge in [0.1, 0.15) is 6.61 Å². The minimum absolute atomic E-state index is 0.0265. The lowest BCUT2D eigenvalue weighted by Gasteiger charge is -2.15. The lowest BCUT2D eigenvalue weighted by molar-refractivity contribution is -0.384. The minimum Gasteiger partial charge on any atom is -0.493 e. The summed E-state index contributed by atoms with van der Waals surface area (Å²) in [5, 5.41) is 10.4. The molecule has 3 aromatic rings. The van der Waals surface area contributed by atoms with Gasteiger partial charge in [-0.1, -0.05) is 36.4 Å². The number of carbonyl (C=O) groups excluding carboxylic acids is 2. The Balaban J connectivity index is 1.52. The summed E-state index contributed by atoms with van der Waals surface area (Å²) in [5.74, 6) is 0.580. The van der Waals surface area contributed by atoms with Crippen LogP contribution in [0.5, 0.6) is 11.5 Å². The molecule has 36 heavy (non-hydrogen) atoms. The number of hydrogen-bond acceptors (Lipinski definition) is 7. The van der Waals surface area contributed by atoms with Gasteiger partial charge in [-0.2, -0.15) is 0 Å². The van der Waals surface area contributed by atoms with Crippen LogP contribution in [0.4, 0.5) is 10.5 Å². The zero-order valence-corrected chi connectivity index (χ0v) is 21.8. The van der Waals surface area contributed by atoms with Gasteiger partial charge in [-0.25, -0.2) is 0 Å². The van der Waals surface area contributed by atoms with Crippen molar-refractivity contribution < 1.29 is 24.0 Å². The number of benzene rings is 3. The SMILES string of the molecule is COc1cc(/C=C2\SC(=O)N(Cc3ccc([N+](=O)[O-])cc3)C2=O)cc(Br)c1OCc1ccccc1C. The molecule has 184 valence electrons. The van der Waals surface area contributed by atoms with Crippen molar-refractivity contribution in [3.8, 4) is 11.5 Å². The summed E-state index contributed by atoms with van der Waals surface area (Å²) >= 11 is 4.37. The molecule has 2 amide bonds. The largest absolute Gasteiger partial charge is 0.493 e. The number of aryl methyl sites for hydroxylation is 1. The van der Waals surface area contributed by atoms with Gasteiger partial charge in [-0.3, -0.25) is 24.6 Å². The fraction of sp³-hybridized carbons (Fsp3) is 0.154. The number of non-ortho nitro benzene ring substituents is 1. The summed E-state index contributed by atoms with van der Waals surface area (Å²) < 4.78 is 12.2. The number of nitro benzene ring substituents is 1. The maximum Gasteiger partial charge on any atom is 0.293 e. The predicted molar refractivity (Wildman–Crippen MR) is 141 cm³/mol. The van der Waals surface area contributed by atoms with Gasteiger partial charge in [0, 0.05) is 12.1 Å². The number of thioether (sulfide) groups is 1. The molecule has 3 aromatic carbocycles. The Morgan fingerprint density at radius 3 is 2.50 bits per heavy atom. The molecule has 0 bridgehead atoms. The van der Waals surface area contributed by atoms with Crippen LogP contribution < -0.4 is 9.47 Å². The number of ether oxygens (including phenoxy) is 2. The van der Waals surface area contributed by atoms with Crippen molar-refractivity contribution in [1.82, 2.24) is 4.90 Å². The van der Waals surface area contributed by atoms with E-state index in [4.69, 9.17) is 9.47 Å². The van der Waals surface area contributed by atoms with Gasteiger partial charge in [-0.15, -0.1) is 0 Å².